The zero-order chi connectivity index (χ0) is 11.2. The largest absolute Gasteiger partial charge is 0.277 e. The lowest BCUT2D eigenvalue weighted by atomic mass is 10.2. The summed E-state index contributed by atoms with van der Waals surface area (Å²) in [5, 5.41) is 0. The molecule has 7 heteroatoms. The van der Waals surface area contributed by atoms with E-state index in [0.717, 1.165) is 10.0 Å². The van der Waals surface area contributed by atoms with Crippen molar-refractivity contribution in [1.82, 2.24) is 0 Å². The first-order valence-corrected chi connectivity index (χ1v) is 7.65. The van der Waals surface area contributed by atoms with Crippen LogP contribution in [0.1, 0.15) is 5.56 Å². The number of sulfonamides is 1. The van der Waals surface area contributed by atoms with E-state index in [0.29, 0.717) is 10.2 Å². The summed E-state index contributed by atoms with van der Waals surface area (Å²) in [4.78, 5) is 0. The molecule has 0 aliphatic carbocycles. The highest BCUT2D eigenvalue weighted by molar-refractivity contribution is 9.13. The van der Waals surface area contributed by atoms with E-state index in [4.69, 9.17) is 0 Å². The van der Waals surface area contributed by atoms with Crippen LogP contribution < -0.4 is 4.72 Å². The van der Waals surface area contributed by atoms with Crippen molar-refractivity contribution in [2.75, 3.05) is 4.72 Å². The molecule has 0 unspecified atom stereocenters. The van der Waals surface area contributed by atoms with Gasteiger partial charge in [-0.15, -0.1) is 0 Å². The number of nitrogens with one attached hydrogen (secondary N) is 1. The predicted molar refractivity (Wildman–Crippen MR) is 71.3 cm³/mol. The van der Waals surface area contributed by atoms with Crippen molar-refractivity contribution >= 4 is 69.6 Å². The summed E-state index contributed by atoms with van der Waals surface area (Å²) in [5.74, 6) is 0. The Kier molecular flexibility index (Phi) is 3.00. The minimum atomic E-state index is -3.43. The Balaban J connectivity index is 2.73. The van der Waals surface area contributed by atoms with Gasteiger partial charge in [0.2, 0.25) is 0 Å². The van der Waals surface area contributed by atoms with E-state index in [1.54, 1.807) is 12.1 Å². The van der Waals surface area contributed by atoms with E-state index in [1.165, 1.54) is 0 Å². The molecule has 1 aromatic carbocycles. The first-order chi connectivity index (χ1) is 6.90. The number of benzene rings is 1. The molecule has 1 aromatic rings. The number of hydrogen-bond donors (Lipinski definition) is 1. The van der Waals surface area contributed by atoms with Crippen molar-refractivity contribution in [3.05, 3.63) is 30.5 Å². The van der Waals surface area contributed by atoms with Crippen molar-refractivity contribution in [2.45, 2.75) is 0 Å². The van der Waals surface area contributed by atoms with Crippen LogP contribution in [-0.2, 0) is 10.0 Å². The molecule has 1 N–H and O–H groups in total. The number of rotatable bonds is 0. The quantitative estimate of drug-likeness (QED) is 0.700. The SMILES string of the molecule is O=S1(=O)Nc2c(Br)cc(Br)cc2C=C1Br. The van der Waals surface area contributed by atoms with Crippen LogP contribution in [0.25, 0.3) is 6.08 Å². The van der Waals surface area contributed by atoms with E-state index in [2.05, 4.69) is 52.5 Å². The van der Waals surface area contributed by atoms with Crippen LogP contribution in [0, 0.1) is 0 Å². The van der Waals surface area contributed by atoms with Gasteiger partial charge in [0.15, 0.2) is 0 Å². The van der Waals surface area contributed by atoms with Gasteiger partial charge < -0.3 is 0 Å². The van der Waals surface area contributed by atoms with Crippen molar-refractivity contribution in [2.24, 2.45) is 0 Å². The Hall–Kier alpha value is 0.150. The van der Waals surface area contributed by atoms with Gasteiger partial charge >= 0.3 is 0 Å². The lowest BCUT2D eigenvalue weighted by Crippen LogP contribution is -2.16. The highest BCUT2D eigenvalue weighted by atomic mass is 79.9. The summed E-state index contributed by atoms with van der Waals surface area (Å²) in [6, 6.07) is 3.62. The second-order valence-corrected chi connectivity index (χ2v) is 7.71. The van der Waals surface area contributed by atoms with Gasteiger partial charge in [-0.2, -0.15) is 0 Å². The van der Waals surface area contributed by atoms with E-state index in [1.807, 2.05) is 6.07 Å². The van der Waals surface area contributed by atoms with Gasteiger partial charge in [-0.3, -0.25) is 4.72 Å². The molecule has 15 heavy (non-hydrogen) atoms. The molecule has 0 radical (unpaired) electrons. The standard InChI is InChI=1S/C8H4Br3NO2S/c9-5-1-4-2-7(11)15(13,14)12-8(4)6(10)3-5/h1-3,12H. The third kappa shape index (κ3) is 2.15. The molecule has 0 saturated heterocycles. The van der Waals surface area contributed by atoms with Crippen LogP contribution in [0.4, 0.5) is 5.69 Å². The number of fused-ring (bicyclic) bond motifs is 1. The first-order valence-electron chi connectivity index (χ1n) is 3.79. The lowest BCUT2D eigenvalue weighted by Gasteiger charge is -2.17. The third-order valence-electron chi connectivity index (χ3n) is 1.85. The average molecular weight is 418 g/mol. The van der Waals surface area contributed by atoms with Crippen LogP contribution in [0.5, 0.6) is 0 Å². The normalized spacial score (nSPS) is 17.7. The highest BCUT2D eigenvalue weighted by Crippen LogP contribution is 2.38. The molecule has 2 rings (SSSR count). The van der Waals surface area contributed by atoms with E-state index in [-0.39, 0.29) is 3.81 Å². The van der Waals surface area contributed by atoms with E-state index >= 15 is 0 Å². The van der Waals surface area contributed by atoms with E-state index in [9.17, 15) is 8.42 Å². The Morgan fingerprint density at radius 1 is 1.13 bits per heavy atom. The van der Waals surface area contributed by atoms with Gasteiger partial charge in [-0.05, 0) is 50.1 Å². The topological polar surface area (TPSA) is 46.2 Å². The first kappa shape index (κ1) is 11.6. The van der Waals surface area contributed by atoms with Crippen LogP contribution in [0.15, 0.2) is 24.9 Å². The molecule has 0 aromatic heterocycles. The van der Waals surface area contributed by atoms with Crippen LogP contribution in [0.3, 0.4) is 0 Å². The summed E-state index contributed by atoms with van der Waals surface area (Å²) < 4.78 is 27.2. The molecule has 1 aliphatic heterocycles. The minimum Gasteiger partial charge on any atom is -0.277 e. The van der Waals surface area contributed by atoms with Gasteiger partial charge in [0, 0.05) is 14.5 Å². The maximum absolute atomic E-state index is 11.5. The van der Waals surface area contributed by atoms with Crippen LogP contribution in [0.2, 0.25) is 0 Å². The second-order valence-electron chi connectivity index (χ2n) is 2.91. The molecule has 0 atom stereocenters. The number of hydrogen-bond acceptors (Lipinski definition) is 2. The fourth-order valence-corrected chi connectivity index (χ4v) is 4.05. The van der Waals surface area contributed by atoms with Crippen LogP contribution >= 0.6 is 47.8 Å². The summed E-state index contributed by atoms with van der Waals surface area (Å²) in [7, 11) is -3.43. The smallest absolute Gasteiger partial charge is 0.268 e. The number of anilines is 1. The molecule has 0 spiro atoms. The maximum Gasteiger partial charge on any atom is 0.268 e. The monoisotopic (exact) mass is 415 g/mol. The van der Waals surface area contributed by atoms with E-state index < -0.39 is 10.0 Å². The van der Waals surface area contributed by atoms with Gasteiger partial charge in [0.05, 0.1) is 5.69 Å². The zero-order valence-electron chi connectivity index (χ0n) is 7.09. The molecule has 0 fully saturated rings. The Bertz CT molecular complexity index is 565. The predicted octanol–water partition coefficient (Wildman–Crippen LogP) is 3.66. The molecule has 80 valence electrons. The van der Waals surface area contributed by atoms with Crippen LogP contribution in [-0.4, -0.2) is 8.42 Å². The molecule has 3 nitrogen and oxygen atoms in total. The van der Waals surface area contributed by atoms with Crippen molar-refractivity contribution in [3.8, 4) is 0 Å². The summed E-state index contributed by atoms with van der Waals surface area (Å²) in [5.41, 5.74) is 1.36. The maximum atomic E-state index is 11.5. The van der Waals surface area contributed by atoms with Crippen molar-refractivity contribution in [3.63, 3.8) is 0 Å². The average Bonchev–Trinajstić information content (AvgIpc) is 2.09. The second kappa shape index (κ2) is 3.87. The van der Waals surface area contributed by atoms with Gasteiger partial charge in [0.25, 0.3) is 10.0 Å². The Labute approximate surface area is 112 Å². The molecular formula is C8H4Br3NO2S. The highest BCUT2D eigenvalue weighted by Gasteiger charge is 2.23. The molecule has 0 saturated carbocycles. The summed E-state index contributed by atoms with van der Waals surface area (Å²) in [6.07, 6.45) is 1.57. The van der Waals surface area contributed by atoms with Gasteiger partial charge in [-0.1, -0.05) is 15.9 Å². The lowest BCUT2D eigenvalue weighted by molar-refractivity contribution is 0.609. The summed E-state index contributed by atoms with van der Waals surface area (Å²) >= 11 is 9.65. The van der Waals surface area contributed by atoms with Gasteiger partial charge in [-0.25, -0.2) is 8.42 Å². The third-order valence-corrected chi connectivity index (χ3v) is 5.54. The van der Waals surface area contributed by atoms with Crippen molar-refractivity contribution in [1.29, 1.82) is 0 Å². The minimum absolute atomic E-state index is 0.132. The molecular weight excluding hydrogens is 414 g/mol. The fourth-order valence-electron chi connectivity index (χ4n) is 1.20. The zero-order valence-corrected chi connectivity index (χ0v) is 12.7. The Morgan fingerprint density at radius 3 is 2.47 bits per heavy atom. The molecule has 0 amide bonds. The molecule has 1 aliphatic rings. The number of halogens is 3. The Morgan fingerprint density at radius 2 is 1.80 bits per heavy atom. The molecule has 1 heterocycles. The molecule has 0 bridgehead atoms. The van der Waals surface area contributed by atoms with Gasteiger partial charge in [0.1, 0.15) is 3.81 Å². The fraction of sp³-hybridized carbons (Fsp3) is 0. The van der Waals surface area contributed by atoms with Crippen molar-refractivity contribution < 1.29 is 8.42 Å². The summed E-state index contributed by atoms with van der Waals surface area (Å²) in [6.45, 7) is 0.